The Hall–Kier alpha value is -3.26. The van der Waals surface area contributed by atoms with Gasteiger partial charge in [0.05, 0.1) is 27.4 Å². The second-order valence-corrected chi connectivity index (χ2v) is 14.3. The molecule has 3 heterocycles. The van der Waals surface area contributed by atoms with Crippen LogP contribution in [0.3, 0.4) is 0 Å². The molecule has 0 bridgehead atoms. The molecule has 0 unspecified atom stereocenters. The normalized spacial score (nSPS) is 21.3. The number of hydrogen-bond donors (Lipinski definition) is 1. The first-order valence-electron chi connectivity index (χ1n) is 15.7. The molecule has 1 aliphatic carbocycles. The fourth-order valence-corrected chi connectivity index (χ4v) is 8.05. The Morgan fingerprint density at radius 2 is 1.53 bits per heavy atom. The number of nitrogens with zero attached hydrogens (tertiary/aromatic N) is 3. The molecule has 2 N–H and O–H groups in total. The second-order valence-electron chi connectivity index (χ2n) is 13.9. The molecule has 1 saturated carbocycles. The number of rotatable bonds is 3. The van der Waals surface area contributed by atoms with Crippen LogP contribution in [0.2, 0.25) is 5.02 Å². The van der Waals surface area contributed by atoms with Gasteiger partial charge < -0.3 is 20.3 Å². The predicted molar refractivity (Wildman–Crippen MR) is 169 cm³/mol. The van der Waals surface area contributed by atoms with E-state index in [2.05, 4.69) is 17.0 Å². The van der Waals surface area contributed by atoms with Crippen LogP contribution in [0.4, 0.5) is 21.9 Å². The highest BCUT2D eigenvalue weighted by atomic mass is 35.5. The van der Waals surface area contributed by atoms with Gasteiger partial charge in [0.25, 0.3) is 5.91 Å². The van der Waals surface area contributed by atoms with Crippen LogP contribution in [0.25, 0.3) is 0 Å². The maximum Gasteiger partial charge on any atom is 0.410 e. The van der Waals surface area contributed by atoms with Crippen LogP contribution in [0.1, 0.15) is 94.5 Å². The molecule has 4 aliphatic rings. The van der Waals surface area contributed by atoms with Gasteiger partial charge in [0.15, 0.2) is 0 Å². The molecular weight excluding hydrogens is 564 g/mol. The van der Waals surface area contributed by atoms with Crippen molar-refractivity contribution in [2.24, 2.45) is 11.1 Å². The molecule has 6 rings (SSSR count). The lowest BCUT2D eigenvalue weighted by atomic mass is 9.70. The van der Waals surface area contributed by atoms with Gasteiger partial charge in [-0.25, -0.2) is 4.79 Å². The van der Waals surface area contributed by atoms with Crippen molar-refractivity contribution in [1.82, 2.24) is 4.90 Å². The number of fused-ring (bicyclic) bond motifs is 2. The van der Waals surface area contributed by atoms with Gasteiger partial charge in [-0.3, -0.25) is 14.5 Å². The van der Waals surface area contributed by atoms with Crippen molar-refractivity contribution in [2.45, 2.75) is 89.6 Å². The Kier molecular flexibility index (Phi) is 7.64. The smallest absolute Gasteiger partial charge is 0.410 e. The van der Waals surface area contributed by atoms with Crippen LogP contribution in [0, 0.1) is 5.41 Å². The fourth-order valence-electron chi connectivity index (χ4n) is 7.79. The Bertz CT molecular complexity index is 1430. The van der Waals surface area contributed by atoms with Gasteiger partial charge in [-0.05, 0) is 101 Å². The van der Waals surface area contributed by atoms with Crippen molar-refractivity contribution < 1.29 is 19.1 Å². The zero-order valence-corrected chi connectivity index (χ0v) is 26.3. The molecule has 2 aromatic carbocycles. The van der Waals surface area contributed by atoms with Crippen LogP contribution in [0.15, 0.2) is 36.4 Å². The van der Waals surface area contributed by atoms with Crippen molar-refractivity contribution in [3.05, 3.63) is 52.5 Å². The van der Waals surface area contributed by atoms with E-state index >= 15 is 0 Å². The number of amides is 3. The van der Waals surface area contributed by atoms with E-state index in [0.29, 0.717) is 5.69 Å². The summed E-state index contributed by atoms with van der Waals surface area (Å²) in [7, 11) is 0. The number of primary amides is 1. The third kappa shape index (κ3) is 5.36. The molecule has 2 aromatic rings. The average molecular weight is 607 g/mol. The van der Waals surface area contributed by atoms with E-state index in [1.807, 2.05) is 31.7 Å². The molecule has 8 nitrogen and oxygen atoms in total. The van der Waals surface area contributed by atoms with E-state index in [4.69, 9.17) is 22.1 Å². The molecule has 43 heavy (non-hydrogen) atoms. The number of benzene rings is 2. The van der Waals surface area contributed by atoms with E-state index in [-0.39, 0.29) is 28.0 Å². The molecular formula is C34H43ClN4O4. The zero-order chi connectivity index (χ0) is 30.6. The number of anilines is 3. The number of ether oxygens (including phenoxy) is 1. The lowest BCUT2D eigenvalue weighted by Crippen LogP contribution is -2.49. The molecule has 3 aliphatic heterocycles. The van der Waals surface area contributed by atoms with Crippen LogP contribution in [-0.4, -0.2) is 54.6 Å². The molecule has 3 amide bonds. The molecule has 3 fully saturated rings. The van der Waals surface area contributed by atoms with Crippen LogP contribution < -0.4 is 15.5 Å². The van der Waals surface area contributed by atoms with E-state index in [1.54, 1.807) is 23.1 Å². The number of halogens is 1. The molecule has 0 atom stereocenters. The highest BCUT2D eigenvalue weighted by Crippen LogP contribution is 2.54. The second kappa shape index (κ2) is 11.0. The van der Waals surface area contributed by atoms with Crippen molar-refractivity contribution in [2.75, 3.05) is 36.0 Å². The van der Waals surface area contributed by atoms with Gasteiger partial charge in [-0.15, -0.1) is 0 Å². The van der Waals surface area contributed by atoms with Gasteiger partial charge in [0.2, 0.25) is 5.91 Å². The van der Waals surface area contributed by atoms with Crippen molar-refractivity contribution in [3.8, 4) is 0 Å². The lowest BCUT2D eigenvalue weighted by Gasteiger charge is -2.47. The van der Waals surface area contributed by atoms with E-state index in [1.165, 1.54) is 0 Å². The lowest BCUT2D eigenvalue weighted by molar-refractivity contribution is -0.123. The minimum Gasteiger partial charge on any atom is -0.444 e. The van der Waals surface area contributed by atoms with Gasteiger partial charge >= 0.3 is 6.09 Å². The number of likely N-dealkylation sites (tertiary alicyclic amines) is 1. The van der Waals surface area contributed by atoms with Gasteiger partial charge in [0.1, 0.15) is 5.60 Å². The first kappa shape index (κ1) is 29.8. The topological polar surface area (TPSA) is 96.2 Å². The standard InChI is InChI=1S/C34H43ClN4O4/c1-32(2,3)43-31(42)38-20-16-33(17-21-38)14-18-37(19-15-33)23-10-11-26-24(22-23)34(12-5-4-6-13-34)30(41)39(26)27-9-7-8-25(35)28(27)29(36)40/h7-11,22H,4-6,12-21H2,1-3H3,(H2,36,40). The fraction of sp³-hybridized carbons (Fsp3) is 0.559. The number of nitrogens with two attached hydrogens (primary N) is 1. The summed E-state index contributed by atoms with van der Waals surface area (Å²) in [5.74, 6) is -0.631. The van der Waals surface area contributed by atoms with E-state index in [0.717, 1.165) is 101 Å². The maximum absolute atomic E-state index is 14.3. The van der Waals surface area contributed by atoms with Crippen LogP contribution >= 0.6 is 11.6 Å². The van der Waals surface area contributed by atoms with Crippen LogP contribution in [0.5, 0.6) is 0 Å². The third-order valence-corrected chi connectivity index (χ3v) is 10.5. The van der Waals surface area contributed by atoms with Gasteiger partial charge in [0, 0.05) is 31.9 Å². The highest BCUT2D eigenvalue weighted by molar-refractivity contribution is 6.35. The largest absolute Gasteiger partial charge is 0.444 e. The predicted octanol–water partition coefficient (Wildman–Crippen LogP) is 6.94. The van der Waals surface area contributed by atoms with Crippen molar-refractivity contribution in [1.29, 1.82) is 0 Å². The highest BCUT2D eigenvalue weighted by Gasteiger charge is 2.52. The number of carbonyl (C=O) groups excluding carboxylic acids is 3. The zero-order valence-electron chi connectivity index (χ0n) is 25.6. The molecule has 2 saturated heterocycles. The minimum atomic E-state index is -0.643. The molecule has 0 radical (unpaired) electrons. The summed E-state index contributed by atoms with van der Waals surface area (Å²) in [4.78, 5) is 45.4. The Balaban J connectivity index is 1.23. The first-order valence-corrected chi connectivity index (χ1v) is 16.1. The Morgan fingerprint density at radius 1 is 0.884 bits per heavy atom. The number of hydrogen-bond acceptors (Lipinski definition) is 5. The summed E-state index contributed by atoms with van der Waals surface area (Å²) in [6.07, 6.45) is 8.64. The van der Waals surface area contributed by atoms with Gasteiger partial charge in [-0.1, -0.05) is 36.9 Å². The first-order chi connectivity index (χ1) is 20.4. The van der Waals surface area contributed by atoms with Crippen molar-refractivity contribution >= 4 is 46.6 Å². The van der Waals surface area contributed by atoms with E-state index < -0.39 is 16.9 Å². The summed E-state index contributed by atoms with van der Waals surface area (Å²) >= 11 is 6.42. The quantitative estimate of drug-likeness (QED) is 0.408. The minimum absolute atomic E-state index is 0.0125. The monoisotopic (exact) mass is 606 g/mol. The summed E-state index contributed by atoms with van der Waals surface area (Å²) in [6.45, 7) is 9.08. The number of piperidine rings is 2. The molecule has 0 aromatic heterocycles. The summed E-state index contributed by atoms with van der Waals surface area (Å²) in [5, 5.41) is 0.250. The maximum atomic E-state index is 14.3. The third-order valence-electron chi connectivity index (χ3n) is 10.2. The van der Waals surface area contributed by atoms with Crippen LogP contribution in [-0.2, 0) is 14.9 Å². The van der Waals surface area contributed by atoms with Gasteiger partial charge in [-0.2, -0.15) is 0 Å². The summed E-state index contributed by atoms with van der Waals surface area (Å²) < 4.78 is 5.60. The average Bonchev–Trinajstić information content (AvgIpc) is 3.19. The Labute approximate surface area is 259 Å². The summed E-state index contributed by atoms with van der Waals surface area (Å²) in [6, 6.07) is 11.5. The molecule has 230 valence electrons. The SMILES string of the molecule is CC(C)(C)OC(=O)N1CCC2(CC1)CCN(c1ccc3c(c1)C1(CCCCC1)C(=O)N3c1cccc(Cl)c1C(N)=O)CC2. The number of carbonyl (C=O) groups is 3. The van der Waals surface area contributed by atoms with E-state index in [9.17, 15) is 14.4 Å². The Morgan fingerprint density at radius 3 is 2.16 bits per heavy atom. The molecule has 2 spiro atoms. The summed E-state index contributed by atoms with van der Waals surface area (Å²) in [5.41, 5.74) is 8.57. The molecule has 9 heteroatoms. The van der Waals surface area contributed by atoms with Crippen molar-refractivity contribution in [3.63, 3.8) is 0 Å².